The van der Waals surface area contributed by atoms with Gasteiger partial charge in [-0.15, -0.1) is 0 Å². The van der Waals surface area contributed by atoms with E-state index in [9.17, 15) is 9.59 Å². The summed E-state index contributed by atoms with van der Waals surface area (Å²) in [5.74, 6) is 0.704. The van der Waals surface area contributed by atoms with Crippen molar-refractivity contribution in [1.29, 1.82) is 0 Å². The molecule has 2 amide bonds. The summed E-state index contributed by atoms with van der Waals surface area (Å²) in [6.07, 6.45) is 2.07. The molecule has 1 aliphatic heterocycles. The van der Waals surface area contributed by atoms with Gasteiger partial charge in [0.1, 0.15) is 0 Å². The lowest BCUT2D eigenvalue weighted by molar-refractivity contribution is -0.128. The molecule has 2 aromatic rings. The number of carbonyl (C=O) groups is 2. The summed E-state index contributed by atoms with van der Waals surface area (Å²) < 4.78 is 10.5. The van der Waals surface area contributed by atoms with Crippen molar-refractivity contribution in [3.63, 3.8) is 0 Å². The van der Waals surface area contributed by atoms with E-state index in [1.54, 1.807) is 37.3 Å². The van der Waals surface area contributed by atoms with Gasteiger partial charge in [0.2, 0.25) is 11.8 Å². The van der Waals surface area contributed by atoms with Crippen LogP contribution in [0.3, 0.4) is 0 Å². The van der Waals surface area contributed by atoms with E-state index in [1.807, 2.05) is 18.2 Å². The highest BCUT2D eigenvalue weighted by Gasteiger charge is 2.34. The maximum atomic E-state index is 12.6. The summed E-state index contributed by atoms with van der Waals surface area (Å²) in [4.78, 5) is 26.7. The van der Waals surface area contributed by atoms with Crippen LogP contribution >= 0.6 is 0 Å². The number of rotatable bonds is 8. The van der Waals surface area contributed by atoms with Crippen molar-refractivity contribution in [2.75, 3.05) is 32.6 Å². The number of likely N-dealkylation sites (tertiary alicyclic amines) is 1. The molecular weight excluding hydrogens is 356 g/mol. The molecule has 0 bridgehead atoms. The second-order valence-electron chi connectivity index (χ2n) is 6.89. The molecule has 28 heavy (non-hydrogen) atoms. The Bertz CT molecular complexity index is 823. The zero-order valence-electron chi connectivity index (χ0n) is 16.3. The molecule has 0 aliphatic carbocycles. The first-order chi connectivity index (χ1) is 13.6. The van der Waals surface area contributed by atoms with Crippen LogP contribution < -0.4 is 14.8 Å². The van der Waals surface area contributed by atoms with E-state index in [0.29, 0.717) is 30.3 Å². The molecule has 0 spiro atoms. The van der Waals surface area contributed by atoms with Gasteiger partial charge in [-0.25, -0.2) is 0 Å². The number of ether oxygens (including phenoxy) is 2. The maximum Gasteiger partial charge on any atom is 0.229 e. The fourth-order valence-electron chi connectivity index (χ4n) is 3.44. The van der Waals surface area contributed by atoms with E-state index in [-0.39, 0.29) is 24.2 Å². The third-order valence-corrected chi connectivity index (χ3v) is 4.97. The smallest absolute Gasteiger partial charge is 0.229 e. The quantitative estimate of drug-likeness (QED) is 0.762. The van der Waals surface area contributed by atoms with Crippen LogP contribution in [0.4, 0.5) is 5.69 Å². The molecular formula is C22H26N2O4. The zero-order chi connectivity index (χ0) is 19.9. The van der Waals surface area contributed by atoms with E-state index in [2.05, 4.69) is 17.4 Å². The van der Waals surface area contributed by atoms with Gasteiger partial charge in [0, 0.05) is 31.3 Å². The van der Waals surface area contributed by atoms with Crippen molar-refractivity contribution in [1.82, 2.24) is 4.90 Å². The van der Waals surface area contributed by atoms with Gasteiger partial charge in [-0.2, -0.15) is 0 Å². The molecule has 2 aromatic carbocycles. The van der Waals surface area contributed by atoms with E-state index >= 15 is 0 Å². The van der Waals surface area contributed by atoms with Crippen LogP contribution in [0.2, 0.25) is 0 Å². The summed E-state index contributed by atoms with van der Waals surface area (Å²) in [7, 11) is 3.11. The Labute approximate surface area is 165 Å². The molecule has 6 heteroatoms. The molecule has 1 aliphatic rings. The second kappa shape index (κ2) is 9.26. The minimum absolute atomic E-state index is 0.0422. The van der Waals surface area contributed by atoms with Crippen LogP contribution in [-0.4, -0.2) is 44.0 Å². The first kappa shape index (κ1) is 19.7. The van der Waals surface area contributed by atoms with Crippen molar-refractivity contribution in [2.45, 2.75) is 19.3 Å². The summed E-state index contributed by atoms with van der Waals surface area (Å²) in [6.45, 7) is 1.14. The van der Waals surface area contributed by atoms with Crippen molar-refractivity contribution < 1.29 is 19.1 Å². The third-order valence-electron chi connectivity index (χ3n) is 4.97. The molecule has 0 radical (unpaired) electrons. The van der Waals surface area contributed by atoms with Crippen LogP contribution in [0.15, 0.2) is 48.5 Å². The number of carbonyl (C=O) groups excluding carboxylic acids is 2. The van der Waals surface area contributed by atoms with Crippen molar-refractivity contribution in [3.8, 4) is 11.5 Å². The average Bonchev–Trinajstić information content (AvgIpc) is 3.09. The zero-order valence-corrected chi connectivity index (χ0v) is 16.3. The molecule has 1 N–H and O–H groups in total. The number of hydrogen-bond donors (Lipinski definition) is 1. The van der Waals surface area contributed by atoms with Gasteiger partial charge in [0.05, 0.1) is 20.1 Å². The second-order valence-corrected chi connectivity index (χ2v) is 6.89. The van der Waals surface area contributed by atoms with E-state index in [0.717, 1.165) is 12.8 Å². The van der Waals surface area contributed by atoms with Gasteiger partial charge in [0.25, 0.3) is 0 Å². The van der Waals surface area contributed by atoms with Crippen molar-refractivity contribution in [2.24, 2.45) is 5.92 Å². The number of amides is 2. The van der Waals surface area contributed by atoms with E-state index in [1.165, 1.54) is 5.56 Å². The Morgan fingerprint density at radius 2 is 1.86 bits per heavy atom. The fraction of sp³-hybridized carbons (Fsp3) is 0.364. The number of nitrogens with one attached hydrogen (secondary N) is 1. The standard InChI is InChI=1S/C22H26N2O4/c1-27-19-11-10-18(14-20(19)28-2)23-22(26)17-13-21(25)24(15-17)12-6-9-16-7-4-3-5-8-16/h3-5,7-8,10-11,14,17H,6,9,12-13,15H2,1-2H3,(H,23,26). The van der Waals surface area contributed by atoms with Crippen LogP contribution in [-0.2, 0) is 16.0 Å². The lowest BCUT2D eigenvalue weighted by Crippen LogP contribution is -2.29. The van der Waals surface area contributed by atoms with Gasteiger partial charge >= 0.3 is 0 Å². The minimum Gasteiger partial charge on any atom is -0.493 e. The summed E-state index contributed by atoms with van der Waals surface area (Å²) in [6, 6.07) is 15.4. The first-order valence-corrected chi connectivity index (χ1v) is 9.45. The molecule has 0 saturated carbocycles. The molecule has 1 fully saturated rings. The Kier molecular flexibility index (Phi) is 6.53. The third kappa shape index (κ3) is 4.82. The Morgan fingerprint density at radius 3 is 2.57 bits per heavy atom. The highest BCUT2D eigenvalue weighted by atomic mass is 16.5. The van der Waals surface area contributed by atoms with Crippen LogP contribution in [0.1, 0.15) is 18.4 Å². The lowest BCUT2D eigenvalue weighted by Gasteiger charge is -2.17. The molecule has 3 rings (SSSR count). The van der Waals surface area contributed by atoms with E-state index < -0.39 is 0 Å². The lowest BCUT2D eigenvalue weighted by atomic mass is 10.1. The van der Waals surface area contributed by atoms with Gasteiger partial charge in [-0.1, -0.05) is 30.3 Å². The molecule has 6 nitrogen and oxygen atoms in total. The van der Waals surface area contributed by atoms with Gasteiger partial charge < -0.3 is 19.7 Å². The summed E-state index contributed by atoms with van der Waals surface area (Å²) in [5, 5.41) is 2.88. The number of benzene rings is 2. The Morgan fingerprint density at radius 1 is 1.11 bits per heavy atom. The fourth-order valence-corrected chi connectivity index (χ4v) is 3.44. The number of nitrogens with zero attached hydrogens (tertiary/aromatic N) is 1. The first-order valence-electron chi connectivity index (χ1n) is 9.45. The van der Waals surface area contributed by atoms with Gasteiger partial charge in [-0.3, -0.25) is 9.59 Å². The number of hydrogen-bond acceptors (Lipinski definition) is 4. The van der Waals surface area contributed by atoms with Crippen molar-refractivity contribution >= 4 is 17.5 Å². The highest BCUT2D eigenvalue weighted by molar-refractivity contribution is 5.97. The topological polar surface area (TPSA) is 67.9 Å². The normalized spacial score (nSPS) is 16.1. The maximum absolute atomic E-state index is 12.6. The predicted molar refractivity (Wildman–Crippen MR) is 108 cm³/mol. The average molecular weight is 382 g/mol. The Balaban J connectivity index is 1.52. The molecule has 1 heterocycles. The number of methoxy groups -OCH3 is 2. The largest absolute Gasteiger partial charge is 0.493 e. The summed E-state index contributed by atoms with van der Waals surface area (Å²) in [5.41, 5.74) is 1.88. The SMILES string of the molecule is COc1ccc(NC(=O)C2CC(=O)N(CCCc3ccccc3)C2)cc1OC. The van der Waals surface area contributed by atoms with Gasteiger partial charge in [0.15, 0.2) is 11.5 Å². The van der Waals surface area contributed by atoms with Crippen LogP contribution in [0.5, 0.6) is 11.5 Å². The molecule has 148 valence electrons. The predicted octanol–water partition coefficient (Wildman–Crippen LogP) is 3.12. The minimum atomic E-state index is -0.336. The Hall–Kier alpha value is -3.02. The molecule has 1 unspecified atom stereocenters. The van der Waals surface area contributed by atoms with Crippen LogP contribution in [0.25, 0.3) is 0 Å². The summed E-state index contributed by atoms with van der Waals surface area (Å²) >= 11 is 0. The number of anilines is 1. The molecule has 0 aromatic heterocycles. The van der Waals surface area contributed by atoms with E-state index in [4.69, 9.17) is 9.47 Å². The van der Waals surface area contributed by atoms with Crippen LogP contribution in [0, 0.1) is 5.92 Å². The number of aryl methyl sites for hydroxylation is 1. The monoisotopic (exact) mass is 382 g/mol. The van der Waals surface area contributed by atoms with Crippen molar-refractivity contribution in [3.05, 3.63) is 54.1 Å². The highest BCUT2D eigenvalue weighted by Crippen LogP contribution is 2.30. The molecule has 1 saturated heterocycles. The van der Waals surface area contributed by atoms with Gasteiger partial charge in [-0.05, 0) is 30.5 Å². The molecule has 1 atom stereocenters.